The van der Waals surface area contributed by atoms with Crippen LogP contribution in [0.3, 0.4) is 0 Å². The molecule has 9 heteroatoms. The first-order chi connectivity index (χ1) is 11.0. The summed E-state index contributed by atoms with van der Waals surface area (Å²) in [5.74, 6) is 0.0735. The third-order valence-corrected chi connectivity index (χ3v) is 5.51. The zero-order valence-corrected chi connectivity index (χ0v) is 13.6. The average Bonchev–Trinajstić information content (AvgIpc) is 3.12. The lowest BCUT2D eigenvalue weighted by Crippen LogP contribution is -2.44. The summed E-state index contributed by atoms with van der Waals surface area (Å²) < 4.78 is 47.0. The topological polar surface area (TPSA) is 87.3 Å². The van der Waals surface area contributed by atoms with E-state index < -0.39 is 10.2 Å². The molecule has 1 fully saturated rings. The maximum Gasteiger partial charge on any atom is 0.280 e. The number of halogens is 1. The minimum absolute atomic E-state index is 0.0227. The lowest BCUT2D eigenvalue weighted by atomic mass is 10.2. The first-order valence-electron chi connectivity index (χ1n) is 7.39. The largest absolute Gasteiger partial charge is 0.383 e. The summed E-state index contributed by atoms with van der Waals surface area (Å²) in [5.41, 5.74) is 1.14. The Morgan fingerprint density at radius 2 is 2.35 bits per heavy atom. The van der Waals surface area contributed by atoms with E-state index >= 15 is 0 Å². The Bertz CT molecular complexity index is 792. The summed E-state index contributed by atoms with van der Waals surface area (Å²) in [4.78, 5) is 7.16. The molecule has 2 N–H and O–H groups in total. The Morgan fingerprint density at radius 1 is 1.52 bits per heavy atom. The van der Waals surface area contributed by atoms with Crippen LogP contribution in [0.1, 0.15) is 18.7 Å². The lowest BCUT2D eigenvalue weighted by Gasteiger charge is -2.23. The maximum absolute atomic E-state index is 13.2. The van der Waals surface area contributed by atoms with Crippen molar-refractivity contribution in [1.29, 1.82) is 0 Å². The Hall–Kier alpha value is -1.55. The van der Waals surface area contributed by atoms with Crippen molar-refractivity contribution < 1.29 is 17.5 Å². The Labute approximate surface area is 134 Å². The van der Waals surface area contributed by atoms with Crippen LogP contribution in [0.2, 0.25) is 0 Å². The third-order valence-electron chi connectivity index (χ3n) is 3.91. The minimum atomic E-state index is -3.61. The first-order valence-corrected chi connectivity index (χ1v) is 8.83. The summed E-state index contributed by atoms with van der Waals surface area (Å²) in [6.45, 7) is 0.883. The van der Waals surface area contributed by atoms with Crippen molar-refractivity contribution in [3.05, 3.63) is 29.8 Å². The molecule has 1 atom stereocenters. The highest BCUT2D eigenvalue weighted by Crippen LogP contribution is 2.20. The summed E-state index contributed by atoms with van der Waals surface area (Å²) in [6.07, 6.45) is 1.61. The number of H-pyrrole nitrogens is 1. The number of benzene rings is 1. The second-order valence-corrected chi connectivity index (χ2v) is 7.24. The monoisotopic (exact) mass is 342 g/mol. The zero-order valence-electron chi connectivity index (χ0n) is 12.8. The molecule has 0 amide bonds. The standard InChI is InChI=1S/C14H19FN4O3S/c1-22-9-11-3-2-6-19(11)23(20,21)16-8-14-17-12-5-4-10(15)7-13(12)18-14/h4-5,7,11,16H,2-3,6,8-9H2,1H3,(H,17,18)/t11-/m0/s1. The van der Waals surface area contributed by atoms with E-state index in [1.54, 1.807) is 13.2 Å². The van der Waals surface area contributed by atoms with E-state index in [2.05, 4.69) is 14.7 Å². The summed E-state index contributed by atoms with van der Waals surface area (Å²) in [6, 6.07) is 4.06. The smallest absolute Gasteiger partial charge is 0.280 e. The fourth-order valence-electron chi connectivity index (χ4n) is 2.85. The van der Waals surface area contributed by atoms with Gasteiger partial charge in [-0.2, -0.15) is 17.4 Å². The number of methoxy groups -OCH3 is 1. The van der Waals surface area contributed by atoms with Gasteiger partial charge in [0.25, 0.3) is 10.2 Å². The molecular formula is C14H19FN4O3S. The van der Waals surface area contributed by atoms with Gasteiger partial charge in [-0.1, -0.05) is 0 Å². The van der Waals surface area contributed by atoms with Crippen LogP contribution in [0.15, 0.2) is 18.2 Å². The minimum Gasteiger partial charge on any atom is -0.383 e. The van der Waals surface area contributed by atoms with Crippen LogP contribution in [0.4, 0.5) is 4.39 Å². The average molecular weight is 342 g/mol. The van der Waals surface area contributed by atoms with Crippen LogP contribution < -0.4 is 4.72 Å². The van der Waals surface area contributed by atoms with Crippen LogP contribution in [0.25, 0.3) is 11.0 Å². The molecule has 0 unspecified atom stereocenters. The Balaban J connectivity index is 1.70. The lowest BCUT2D eigenvalue weighted by molar-refractivity contribution is 0.148. The van der Waals surface area contributed by atoms with Gasteiger partial charge in [0.2, 0.25) is 0 Å². The van der Waals surface area contributed by atoms with Crippen molar-refractivity contribution in [2.75, 3.05) is 20.3 Å². The molecule has 0 bridgehead atoms. The molecule has 126 valence electrons. The van der Waals surface area contributed by atoms with Crippen molar-refractivity contribution in [1.82, 2.24) is 19.0 Å². The molecule has 7 nitrogen and oxygen atoms in total. The molecule has 23 heavy (non-hydrogen) atoms. The number of hydrogen-bond donors (Lipinski definition) is 2. The van der Waals surface area contributed by atoms with Crippen molar-refractivity contribution in [3.8, 4) is 0 Å². The normalized spacial score (nSPS) is 19.7. The van der Waals surface area contributed by atoms with Crippen LogP contribution in [-0.2, 0) is 21.5 Å². The number of ether oxygens (including phenoxy) is 1. The molecule has 0 radical (unpaired) electrons. The van der Waals surface area contributed by atoms with Crippen LogP contribution in [-0.4, -0.2) is 49.0 Å². The van der Waals surface area contributed by atoms with Crippen LogP contribution >= 0.6 is 0 Å². The van der Waals surface area contributed by atoms with Crippen molar-refractivity contribution in [2.45, 2.75) is 25.4 Å². The highest BCUT2D eigenvalue weighted by atomic mass is 32.2. The van der Waals surface area contributed by atoms with E-state index in [1.807, 2.05) is 0 Å². The van der Waals surface area contributed by atoms with E-state index in [9.17, 15) is 12.8 Å². The van der Waals surface area contributed by atoms with E-state index in [0.29, 0.717) is 30.0 Å². The summed E-state index contributed by atoms with van der Waals surface area (Å²) >= 11 is 0. The Kier molecular flexibility index (Phi) is 4.62. The second kappa shape index (κ2) is 6.52. The number of nitrogens with one attached hydrogen (secondary N) is 2. The molecule has 1 aromatic heterocycles. The predicted octanol–water partition coefficient (Wildman–Crippen LogP) is 1.15. The molecule has 0 saturated carbocycles. The van der Waals surface area contributed by atoms with E-state index in [1.165, 1.54) is 16.4 Å². The van der Waals surface area contributed by atoms with Gasteiger partial charge in [-0.25, -0.2) is 9.37 Å². The fourth-order valence-corrected chi connectivity index (χ4v) is 4.26. The molecule has 1 aromatic carbocycles. The van der Waals surface area contributed by atoms with Gasteiger partial charge in [-0.15, -0.1) is 0 Å². The molecule has 1 aliphatic rings. The van der Waals surface area contributed by atoms with Crippen LogP contribution in [0.5, 0.6) is 0 Å². The quantitative estimate of drug-likeness (QED) is 0.824. The van der Waals surface area contributed by atoms with Gasteiger partial charge in [0.15, 0.2) is 0 Å². The van der Waals surface area contributed by atoms with Gasteiger partial charge in [0, 0.05) is 19.7 Å². The maximum atomic E-state index is 13.2. The molecule has 1 aliphatic heterocycles. The van der Waals surface area contributed by atoms with Gasteiger partial charge in [0.05, 0.1) is 24.2 Å². The zero-order chi connectivity index (χ0) is 16.4. The van der Waals surface area contributed by atoms with Crippen molar-refractivity contribution in [3.63, 3.8) is 0 Å². The van der Waals surface area contributed by atoms with Crippen LogP contribution in [0, 0.1) is 5.82 Å². The predicted molar refractivity (Wildman–Crippen MR) is 83.4 cm³/mol. The number of aromatic amines is 1. The Morgan fingerprint density at radius 3 is 3.13 bits per heavy atom. The van der Waals surface area contributed by atoms with E-state index in [4.69, 9.17) is 4.74 Å². The number of aromatic nitrogens is 2. The third kappa shape index (κ3) is 3.52. The molecule has 2 aromatic rings. The highest BCUT2D eigenvalue weighted by Gasteiger charge is 2.33. The van der Waals surface area contributed by atoms with Gasteiger partial charge in [-0.3, -0.25) is 0 Å². The first kappa shape index (κ1) is 16.3. The molecular weight excluding hydrogens is 323 g/mol. The number of nitrogens with zero attached hydrogens (tertiary/aromatic N) is 2. The number of imidazole rings is 1. The van der Waals surface area contributed by atoms with E-state index in [-0.39, 0.29) is 18.4 Å². The fraction of sp³-hybridized carbons (Fsp3) is 0.500. The number of rotatable bonds is 6. The molecule has 0 aliphatic carbocycles. The SMILES string of the molecule is COC[C@@H]1CCCN1S(=O)(=O)NCc1nc2ccc(F)cc2[nH]1. The van der Waals surface area contributed by atoms with Crippen molar-refractivity contribution in [2.24, 2.45) is 0 Å². The van der Waals surface area contributed by atoms with Gasteiger partial charge in [-0.05, 0) is 31.0 Å². The molecule has 3 rings (SSSR count). The van der Waals surface area contributed by atoms with Crippen molar-refractivity contribution >= 4 is 21.2 Å². The van der Waals surface area contributed by atoms with Gasteiger partial charge < -0.3 is 9.72 Å². The van der Waals surface area contributed by atoms with Gasteiger partial charge in [0.1, 0.15) is 11.6 Å². The van der Waals surface area contributed by atoms with E-state index in [0.717, 1.165) is 12.8 Å². The molecule has 1 saturated heterocycles. The highest BCUT2D eigenvalue weighted by molar-refractivity contribution is 7.87. The number of fused-ring (bicyclic) bond motifs is 1. The molecule has 0 spiro atoms. The summed E-state index contributed by atoms with van der Waals surface area (Å²) in [5, 5.41) is 0. The molecule has 2 heterocycles. The van der Waals surface area contributed by atoms with Gasteiger partial charge >= 0.3 is 0 Å². The summed E-state index contributed by atoms with van der Waals surface area (Å²) in [7, 11) is -2.05. The second-order valence-electron chi connectivity index (χ2n) is 5.53. The number of hydrogen-bond acceptors (Lipinski definition) is 4.